The van der Waals surface area contributed by atoms with Crippen molar-refractivity contribution in [3.63, 3.8) is 0 Å². The van der Waals surface area contributed by atoms with Crippen LogP contribution in [-0.4, -0.2) is 21.8 Å². The van der Waals surface area contributed by atoms with Gasteiger partial charge in [-0.1, -0.05) is 30.3 Å². The molecular formula is C27H27N3O. The first-order valence-corrected chi connectivity index (χ1v) is 10.9. The van der Waals surface area contributed by atoms with Crippen LogP contribution in [0.5, 0.6) is 0 Å². The Morgan fingerprint density at radius 1 is 1.00 bits per heavy atom. The second-order valence-corrected chi connectivity index (χ2v) is 8.59. The van der Waals surface area contributed by atoms with E-state index in [0.29, 0.717) is 6.42 Å². The number of para-hydroxylation sites is 1. The molecule has 0 unspecified atom stereocenters. The van der Waals surface area contributed by atoms with Gasteiger partial charge in [0.05, 0.1) is 17.8 Å². The topological polar surface area (TPSA) is 37.6 Å². The van der Waals surface area contributed by atoms with E-state index in [4.69, 9.17) is 4.98 Å². The lowest BCUT2D eigenvalue weighted by Crippen LogP contribution is -2.36. The highest BCUT2D eigenvalue weighted by atomic mass is 16.2. The SMILES string of the molecule is Cc1ccn2c(CC(=O)N3CCCc4ccccc43)c(-c3ccc(C)c(C)c3)nc2c1. The third kappa shape index (κ3) is 3.52. The standard InChI is InChI=1S/C27H27N3O/c1-18-12-14-29-24(17-26(31)30-13-6-8-21-7-4-5-9-23(21)30)27(28-25(29)15-18)22-11-10-19(2)20(3)16-22/h4-5,7,9-12,14-16H,6,8,13,17H2,1-3H3. The molecule has 0 radical (unpaired) electrons. The summed E-state index contributed by atoms with van der Waals surface area (Å²) in [5.41, 5.74) is 9.74. The highest BCUT2D eigenvalue weighted by molar-refractivity contribution is 5.96. The van der Waals surface area contributed by atoms with Gasteiger partial charge < -0.3 is 9.30 Å². The fraction of sp³-hybridized carbons (Fsp3) is 0.259. The molecule has 2 aromatic heterocycles. The minimum atomic E-state index is 0.125. The molecule has 1 aliphatic rings. The third-order valence-corrected chi connectivity index (χ3v) is 6.39. The predicted molar refractivity (Wildman–Crippen MR) is 126 cm³/mol. The van der Waals surface area contributed by atoms with Crippen molar-refractivity contribution in [3.05, 3.63) is 88.7 Å². The van der Waals surface area contributed by atoms with Crippen molar-refractivity contribution in [2.45, 2.75) is 40.0 Å². The molecular weight excluding hydrogens is 382 g/mol. The maximum Gasteiger partial charge on any atom is 0.233 e. The molecule has 0 fully saturated rings. The first-order chi connectivity index (χ1) is 15.0. The molecule has 1 aliphatic heterocycles. The quantitative estimate of drug-likeness (QED) is 0.451. The molecule has 4 heteroatoms. The van der Waals surface area contributed by atoms with E-state index in [-0.39, 0.29) is 5.91 Å². The van der Waals surface area contributed by atoms with Gasteiger partial charge in [-0.15, -0.1) is 0 Å². The number of fused-ring (bicyclic) bond motifs is 2. The molecule has 5 rings (SSSR count). The van der Waals surface area contributed by atoms with Gasteiger partial charge in [-0.05, 0) is 80.1 Å². The number of aromatic nitrogens is 2. The van der Waals surface area contributed by atoms with Crippen LogP contribution in [0.3, 0.4) is 0 Å². The van der Waals surface area contributed by atoms with Crippen LogP contribution in [0.15, 0.2) is 60.8 Å². The first-order valence-electron chi connectivity index (χ1n) is 10.9. The number of aryl methyl sites for hydroxylation is 4. The normalized spacial score (nSPS) is 13.5. The smallest absolute Gasteiger partial charge is 0.233 e. The summed E-state index contributed by atoms with van der Waals surface area (Å²) in [5.74, 6) is 0.125. The van der Waals surface area contributed by atoms with Gasteiger partial charge in [0.25, 0.3) is 0 Å². The van der Waals surface area contributed by atoms with Crippen LogP contribution in [-0.2, 0) is 17.6 Å². The molecule has 0 atom stereocenters. The molecule has 1 amide bonds. The van der Waals surface area contributed by atoms with E-state index >= 15 is 0 Å². The Balaban J connectivity index is 1.59. The number of carbonyl (C=O) groups excluding carboxylic acids is 1. The summed E-state index contributed by atoms with van der Waals surface area (Å²) in [7, 11) is 0. The second kappa shape index (κ2) is 7.69. The van der Waals surface area contributed by atoms with Gasteiger partial charge >= 0.3 is 0 Å². The molecule has 0 saturated carbocycles. The van der Waals surface area contributed by atoms with Crippen LogP contribution < -0.4 is 4.90 Å². The Hall–Kier alpha value is -3.40. The molecule has 31 heavy (non-hydrogen) atoms. The fourth-order valence-electron chi connectivity index (χ4n) is 4.52. The van der Waals surface area contributed by atoms with Crippen LogP contribution in [0, 0.1) is 20.8 Å². The molecule has 3 heterocycles. The minimum Gasteiger partial charge on any atom is -0.312 e. The molecule has 0 saturated heterocycles. The van der Waals surface area contributed by atoms with E-state index in [1.54, 1.807) is 0 Å². The van der Waals surface area contributed by atoms with Crippen molar-refractivity contribution in [1.82, 2.24) is 9.38 Å². The average molecular weight is 410 g/mol. The van der Waals surface area contributed by atoms with Crippen LogP contribution in [0.1, 0.15) is 34.4 Å². The van der Waals surface area contributed by atoms with E-state index in [2.05, 4.69) is 73.7 Å². The summed E-state index contributed by atoms with van der Waals surface area (Å²) in [6.45, 7) is 7.07. The number of pyridine rings is 1. The number of carbonyl (C=O) groups is 1. The lowest BCUT2D eigenvalue weighted by molar-refractivity contribution is -0.118. The van der Waals surface area contributed by atoms with Gasteiger partial charge in [0.1, 0.15) is 5.65 Å². The Morgan fingerprint density at radius 2 is 1.84 bits per heavy atom. The molecule has 2 aromatic carbocycles. The maximum absolute atomic E-state index is 13.5. The minimum absolute atomic E-state index is 0.125. The summed E-state index contributed by atoms with van der Waals surface area (Å²) >= 11 is 0. The lowest BCUT2D eigenvalue weighted by atomic mass is 10.00. The average Bonchev–Trinajstić information content (AvgIpc) is 3.12. The summed E-state index contributed by atoms with van der Waals surface area (Å²) in [6.07, 6.45) is 4.39. The van der Waals surface area contributed by atoms with E-state index < -0.39 is 0 Å². The van der Waals surface area contributed by atoms with Crippen molar-refractivity contribution in [3.8, 4) is 11.3 Å². The summed E-state index contributed by atoms with van der Waals surface area (Å²) in [5, 5.41) is 0. The molecule has 4 aromatic rings. The largest absolute Gasteiger partial charge is 0.312 e. The van der Waals surface area contributed by atoms with Crippen molar-refractivity contribution in [2.75, 3.05) is 11.4 Å². The van der Waals surface area contributed by atoms with Gasteiger partial charge in [-0.3, -0.25) is 4.79 Å². The summed E-state index contributed by atoms with van der Waals surface area (Å²) < 4.78 is 2.07. The zero-order valence-corrected chi connectivity index (χ0v) is 18.4. The number of amides is 1. The van der Waals surface area contributed by atoms with Gasteiger partial charge in [0.2, 0.25) is 5.91 Å². The highest BCUT2D eigenvalue weighted by Crippen LogP contribution is 2.30. The number of rotatable bonds is 3. The van der Waals surface area contributed by atoms with Crippen LogP contribution >= 0.6 is 0 Å². The molecule has 0 bridgehead atoms. The summed E-state index contributed by atoms with van der Waals surface area (Å²) in [4.78, 5) is 20.4. The number of hydrogen-bond acceptors (Lipinski definition) is 2. The van der Waals surface area contributed by atoms with E-state index in [1.165, 1.54) is 16.7 Å². The first kappa shape index (κ1) is 19.6. The monoisotopic (exact) mass is 409 g/mol. The summed E-state index contributed by atoms with van der Waals surface area (Å²) in [6, 6.07) is 18.8. The molecule has 0 spiro atoms. The molecule has 4 nitrogen and oxygen atoms in total. The van der Waals surface area contributed by atoms with E-state index in [9.17, 15) is 4.79 Å². The lowest BCUT2D eigenvalue weighted by Gasteiger charge is -2.29. The number of nitrogens with zero attached hydrogens (tertiary/aromatic N) is 3. The Kier molecular flexibility index (Phi) is 4.85. The Labute approximate surface area is 183 Å². The van der Waals surface area contributed by atoms with Gasteiger partial charge in [-0.25, -0.2) is 4.98 Å². The second-order valence-electron chi connectivity index (χ2n) is 8.59. The van der Waals surface area contributed by atoms with Crippen LogP contribution in [0.2, 0.25) is 0 Å². The molecule has 156 valence electrons. The van der Waals surface area contributed by atoms with Crippen molar-refractivity contribution in [1.29, 1.82) is 0 Å². The highest BCUT2D eigenvalue weighted by Gasteiger charge is 2.25. The zero-order chi connectivity index (χ0) is 21.5. The third-order valence-electron chi connectivity index (χ3n) is 6.39. The molecule has 0 N–H and O–H groups in total. The zero-order valence-electron chi connectivity index (χ0n) is 18.4. The number of anilines is 1. The number of imidazole rings is 1. The number of hydrogen-bond donors (Lipinski definition) is 0. The maximum atomic E-state index is 13.5. The van der Waals surface area contributed by atoms with Crippen LogP contribution in [0.4, 0.5) is 5.69 Å². The van der Waals surface area contributed by atoms with Crippen molar-refractivity contribution < 1.29 is 4.79 Å². The van der Waals surface area contributed by atoms with Crippen LogP contribution in [0.25, 0.3) is 16.9 Å². The van der Waals surface area contributed by atoms with E-state index in [1.807, 2.05) is 17.2 Å². The Bertz CT molecular complexity index is 1300. The van der Waals surface area contributed by atoms with E-state index in [0.717, 1.165) is 53.2 Å². The van der Waals surface area contributed by atoms with Crippen molar-refractivity contribution >= 4 is 17.2 Å². The van der Waals surface area contributed by atoms with Crippen molar-refractivity contribution in [2.24, 2.45) is 0 Å². The Morgan fingerprint density at radius 3 is 2.68 bits per heavy atom. The number of benzene rings is 2. The predicted octanol–water partition coefficient (Wildman–Crippen LogP) is 5.45. The van der Waals surface area contributed by atoms with Gasteiger partial charge in [0, 0.05) is 24.0 Å². The fourth-order valence-corrected chi connectivity index (χ4v) is 4.52. The van der Waals surface area contributed by atoms with Gasteiger partial charge in [0.15, 0.2) is 0 Å². The molecule has 0 aliphatic carbocycles. The van der Waals surface area contributed by atoms with Gasteiger partial charge in [-0.2, -0.15) is 0 Å².